The molecule has 2 aromatic heterocycles. The molecule has 0 N–H and O–H groups in total. The summed E-state index contributed by atoms with van der Waals surface area (Å²) in [6.45, 7) is 7.97. The number of aromatic nitrogens is 3. The van der Waals surface area contributed by atoms with E-state index in [-0.39, 0.29) is 0 Å². The summed E-state index contributed by atoms with van der Waals surface area (Å²) in [5, 5.41) is 4.18. The van der Waals surface area contributed by atoms with Gasteiger partial charge in [-0.05, 0) is 58.2 Å². The van der Waals surface area contributed by atoms with Crippen molar-refractivity contribution in [1.29, 1.82) is 0 Å². The number of hydrogen-bond acceptors (Lipinski definition) is 6. The Kier molecular flexibility index (Phi) is 5.78. The first-order valence-corrected chi connectivity index (χ1v) is 9.55. The highest BCUT2D eigenvalue weighted by Crippen LogP contribution is 2.21. The molecule has 1 fully saturated rings. The van der Waals surface area contributed by atoms with Crippen molar-refractivity contribution < 1.29 is 4.52 Å². The molecule has 0 aromatic carbocycles. The first-order valence-electron chi connectivity index (χ1n) is 8.67. The molecule has 1 aliphatic rings. The third kappa shape index (κ3) is 4.61. The fourth-order valence-corrected chi connectivity index (χ4v) is 4.03. The van der Waals surface area contributed by atoms with Gasteiger partial charge in [-0.25, -0.2) is 4.98 Å². The Morgan fingerprint density at radius 1 is 1.30 bits per heavy atom. The normalized spacial score (nSPS) is 17.0. The van der Waals surface area contributed by atoms with Crippen LogP contribution in [-0.2, 0) is 19.3 Å². The van der Waals surface area contributed by atoms with Gasteiger partial charge >= 0.3 is 0 Å². The number of rotatable bonds is 7. The van der Waals surface area contributed by atoms with Crippen LogP contribution in [0, 0.1) is 12.8 Å². The van der Waals surface area contributed by atoms with E-state index < -0.39 is 0 Å². The quantitative estimate of drug-likeness (QED) is 0.778. The number of thiazole rings is 1. The van der Waals surface area contributed by atoms with Gasteiger partial charge in [0.25, 0.3) is 0 Å². The van der Waals surface area contributed by atoms with E-state index in [4.69, 9.17) is 4.52 Å². The van der Waals surface area contributed by atoms with E-state index in [1.165, 1.54) is 43.8 Å². The molecule has 6 heteroatoms. The summed E-state index contributed by atoms with van der Waals surface area (Å²) in [7, 11) is 0. The van der Waals surface area contributed by atoms with Crippen LogP contribution in [0.15, 0.2) is 10.0 Å². The van der Waals surface area contributed by atoms with Gasteiger partial charge in [-0.15, -0.1) is 11.3 Å². The van der Waals surface area contributed by atoms with Gasteiger partial charge in [-0.2, -0.15) is 4.98 Å². The van der Waals surface area contributed by atoms with Gasteiger partial charge in [-0.3, -0.25) is 0 Å². The molecule has 0 radical (unpaired) electrons. The smallest absolute Gasteiger partial charge is 0.227 e. The Bertz CT molecular complexity index is 601. The van der Waals surface area contributed by atoms with Crippen molar-refractivity contribution in [3.63, 3.8) is 0 Å². The summed E-state index contributed by atoms with van der Waals surface area (Å²) in [5.74, 6) is 2.35. The predicted molar refractivity (Wildman–Crippen MR) is 91.7 cm³/mol. The lowest BCUT2D eigenvalue weighted by Gasteiger charge is -2.31. The molecule has 1 aliphatic heterocycles. The van der Waals surface area contributed by atoms with E-state index in [1.54, 1.807) is 11.3 Å². The first-order chi connectivity index (χ1) is 11.2. The topological polar surface area (TPSA) is 55.1 Å². The van der Waals surface area contributed by atoms with E-state index in [1.807, 2.05) is 5.51 Å². The minimum atomic E-state index is 0.706. The molecule has 0 aliphatic carbocycles. The van der Waals surface area contributed by atoms with Crippen LogP contribution in [0.25, 0.3) is 0 Å². The van der Waals surface area contributed by atoms with Crippen molar-refractivity contribution in [1.82, 2.24) is 20.0 Å². The number of aryl methyl sites for hydroxylation is 3. The zero-order chi connectivity index (χ0) is 16.1. The number of nitrogens with zero attached hydrogens (tertiary/aromatic N) is 4. The Balaban J connectivity index is 1.45. The average Bonchev–Trinajstić information content (AvgIpc) is 3.16. The molecule has 5 nitrogen and oxygen atoms in total. The van der Waals surface area contributed by atoms with Crippen molar-refractivity contribution in [2.75, 3.05) is 19.6 Å². The molecule has 2 aromatic rings. The molecule has 0 atom stereocenters. The molecule has 3 heterocycles. The zero-order valence-electron chi connectivity index (χ0n) is 14.1. The van der Waals surface area contributed by atoms with Gasteiger partial charge in [0.1, 0.15) is 0 Å². The maximum atomic E-state index is 5.42. The van der Waals surface area contributed by atoms with Gasteiger partial charge in [-0.1, -0.05) is 12.1 Å². The Morgan fingerprint density at radius 3 is 2.83 bits per heavy atom. The van der Waals surface area contributed by atoms with Gasteiger partial charge < -0.3 is 9.42 Å². The van der Waals surface area contributed by atoms with E-state index in [2.05, 4.69) is 33.9 Å². The molecule has 0 amide bonds. The standard InChI is InChI=1S/C17H26N4OS/c1-3-8-21-9-6-14(7-10-21)11-16-19-17(22-20-16)5-4-15-13(2)18-12-23-15/h12,14H,3-11H2,1-2H3. The van der Waals surface area contributed by atoms with Crippen LogP contribution in [0.5, 0.6) is 0 Å². The van der Waals surface area contributed by atoms with Crippen LogP contribution in [0.3, 0.4) is 0 Å². The lowest BCUT2D eigenvalue weighted by Crippen LogP contribution is -2.34. The highest BCUT2D eigenvalue weighted by atomic mass is 32.1. The minimum Gasteiger partial charge on any atom is -0.339 e. The summed E-state index contributed by atoms with van der Waals surface area (Å²) in [5.41, 5.74) is 3.02. The largest absolute Gasteiger partial charge is 0.339 e. The molecule has 23 heavy (non-hydrogen) atoms. The Labute approximate surface area is 142 Å². The summed E-state index contributed by atoms with van der Waals surface area (Å²) in [4.78, 5) is 12.7. The molecule has 0 spiro atoms. The van der Waals surface area contributed by atoms with E-state index in [0.29, 0.717) is 5.92 Å². The number of likely N-dealkylation sites (tertiary alicyclic amines) is 1. The predicted octanol–water partition coefficient (Wildman–Crippen LogP) is 3.28. The van der Waals surface area contributed by atoms with Gasteiger partial charge in [0, 0.05) is 17.7 Å². The molecule has 1 saturated heterocycles. The van der Waals surface area contributed by atoms with Gasteiger partial charge in [0.15, 0.2) is 5.82 Å². The molecule has 3 rings (SSSR count). The van der Waals surface area contributed by atoms with Crippen molar-refractivity contribution in [2.24, 2.45) is 5.92 Å². The second kappa shape index (κ2) is 8.02. The van der Waals surface area contributed by atoms with Crippen LogP contribution in [0.4, 0.5) is 0 Å². The average molecular weight is 334 g/mol. The summed E-state index contributed by atoms with van der Waals surface area (Å²) in [6, 6.07) is 0. The van der Waals surface area contributed by atoms with Crippen molar-refractivity contribution in [3.8, 4) is 0 Å². The molecule has 0 bridgehead atoms. The van der Waals surface area contributed by atoms with E-state index >= 15 is 0 Å². The van der Waals surface area contributed by atoms with Crippen LogP contribution < -0.4 is 0 Å². The maximum Gasteiger partial charge on any atom is 0.227 e. The summed E-state index contributed by atoms with van der Waals surface area (Å²) in [6.07, 6.45) is 6.47. The van der Waals surface area contributed by atoms with E-state index in [9.17, 15) is 0 Å². The number of piperidine rings is 1. The van der Waals surface area contributed by atoms with Crippen LogP contribution >= 0.6 is 11.3 Å². The van der Waals surface area contributed by atoms with Crippen LogP contribution in [-0.4, -0.2) is 39.7 Å². The van der Waals surface area contributed by atoms with Crippen LogP contribution in [0.1, 0.15) is 48.5 Å². The van der Waals surface area contributed by atoms with Crippen molar-refractivity contribution >= 4 is 11.3 Å². The molecular formula is C17H26N4OS. The minimum absolute atomic E-state index is 0.706. The lowest BCUT2D eigenvalue weighted by atomic mass is 9.93. The first kappa shape index (κ1) is 16.6. The second-order valence-electron chi connectivity index (χ2n) is 6.45. The molecule has 0 unspecified atom stereocenters. The molecular weight excluding hydrogens is 308 g/mol. The summed E-state index contributed by atoms with van der Waals surface area (Å²) >= 11 is 1.70. The Morgan fingerprint density at radius 2 is 2.13 bits per heavy atom. The zero-order valence-corrected chi connectivity index (χ0v) is 14.9. The fourth-order valence-electron chi connectivity index (χ4n) is 3.25. The van der Waals surface area contributed by atoms with Crippen LogP contribution in [0.2, 0.25) is 0 Å². The van der Waals surface area contributed by atoms with E-state index in [0.717, 1.165) is 36.7 Å². The second-order valence-corrected chi connectivity index (χ2v) is 7.39. The SMILES string of the molecule is CCCN1CCC(Cc2noc(CCc3scnc3C)n2)CC1. The Hall–Kier alpha value is -1.27. The number of hydrogen-bond donors (Lipinski definition) is 0. The highest BCUT2D eigenvalue weighted by Gasteiger charge is 2.21. The third-order valence-electron chi connectivity index (χ3n) is 4.64. The highest BCUT2D eigenvalue weighted by molar-refractivity contribution is 7.09. The molecule has 126 valence electrons. The monoisotopic (exact) mass is 334 g/mol. The van der Waals surface area contributed by atoms with Gasteiger partial charge in [0.2, 0.25) is 5.89 Å². The molecule has 0 saturated carbocycles. The van der Waals surface area contributed by atoms with Crippen molar-refractivity contribution in [2.45, 2.75) is 52.4 Å². The third-order valence-corrected chi connectivity index (χ3v) is 5.63. The van der Waals surface area contributed by atoms with Gasteiger partial charge in [0.05, 0.1) is 11.2 Å². The fraction of sp³-hybridized carbons (Fsp3) is 0.706. The van der Waals surface area contributed by atoms with Crippen molar-refractivity contribution in [3.05, 3.63) is 27.8 Å². The summed E-state index contributed by atoms with van der Waals surface area (Å²) < 4.78 is 5.42. The maximum absolute atomic E-state index is 5.42. The lowest BCUT2D eigenvalue weighted by molar-refractivity contribution is 0.182.